The minimum Gasteiger partial charge on any atom is -0.494 e. The molecule has 2 aromatic rings. The molecule has 0 radical (unpaired) electrons. The van der Waals surface area contributed by atoms with Crippen molar-refractivity contribution in [2.45, 2.75) is 46.5 Å². The highest BCUT2D eigenvalue weighted by molar-refractivity contribution is 6.39. The van der Waals surface area contributed by atoms with Crippen LogP contribution < -0.4 is 4.74 Å². The number of rotatable bonds is 7. The van der Waals surface area contributed by atoms with E-state index in [0.29, 0.717) is 23.3 Å². The molecule has 4 rings (SSSR count). The number of allylic oxidation sites excluding steroid dienone is 2. The van der Waals surface area contributed by atoms with Gasteiger partial charge in [-0.3, -0.25) is 0 Å². The van der Waals surface area contributed by atoms with E-state index in [-0.39, 0.29) is 11.5 Å². The van der Waals surface area contributed by atoms with Gasteiger partial charge in [-0.2, -0.15) is 0 Å². The average Bonchev–Trinajstić information content (AvgIpc) is 3.59. The van der Waals surface area contributed by atoms with Gasteiger partial charge in [-0.25, -0.2) is 9.38 Å². The molecule has 1 saturated carbocycles. The minimum absolute atomic E-state index is 0.179. The predicted molar refractivity (Wildman–Crippen MR) is 130 cm³/mol. The number of likely N-dealkylation sites (tertiary alicyclic amines) is 1. The Morgan fingerprint density at radius 3 is 2.52 bits per heavy atom. The maximum atomic E-state index is 13.7. The molecule has 1 aliphatic heterocycles. The van der Waals surface area contributed by atoms with Crippen LogP contribution in [0.1, 0.15) is 45.4 Å². The monoisotopic (exact) mass is 474 g/mol. The second-order valence-electron chi connectivity index (χ2n) is 8.21. The molecule has 1 saturated heterocycles. The molecule has 0 unspecified atom stereocenters. The number of aliphatic imine (C=N–C) groups is 1. The Morgan fingerprint density at radius 1 is 1.27 bits per heavy atom. The number of halogens is 2. The Balaban J connectivity index is 0.000000186. The number of hydrogen-bond donors (Lipinski definition) is 0. The van der Waals surface area contributed by atoms with Crippen molar-refractivity contribution in [3.63, 3.8) is 0 Å². The Hall–Kier alpha value is -2.67. The van der Waals surface area contributed by atoms with Crippen molar-refractivity contribution in [2.24, 2.45) is 16.8 Å². The Labute approximate surface area is 200 Å². The van der Waals surface area contributed by atoms with E-state index in [1.54, 1.807) is 25.3 Å². The summed E-state index contributed by atoms with van der Waals surface area (Å²) in [7, 11) is 0. The van der Waals surface area contributed by atoms with Crippen LogP contribution in [0.4, 0.5) is 4.39 Å². The summed E-state index contributed by atoms with van der Waals surface area (Å²) in [4.78, 5) is 6.58. The molecule has 2 fully saturated rings. The van der Waals surface area contributed by atoms with Crippen LogP contribution in [0.15, 0.2) is 51.1 Å². The molecule has 0 amide bonds. The molecule has 33 heavy (non-hydrogen) atoms. The third-order valence-electron chi connectivity index (χ3n) is 5.81. The van der Waals surface area contributed by atoms with Gasteiger partial charge < -0.3 is 14.1 Å². The summed E-state index contributed by atoms with van der Waals surface area (Å²) in [6, 6.07) is 4.53. The van der Waals surface area contributed by atoms with E-state index in [0.717, 1.165) is 30.7 Å². The van der Waals surface area contributed by atoms with Gasteiger partial charge in [0.2, 0.25) is 5.89 Å². The van der Waals surface area contributed by atoms with Crippen molar-refractivity contribution in [1.29, 1.82) is 0 Å². The molecular formula is C25H32ClFN4O2. The summed E-state index contributed by atoms with van der Waals surface area (Å²) >= 11 is 5.87. The first-order valence-electron chi connectivity index (χ1n) is 11.4. The Bertz CT molecular complexity index is 992. The molecule has 2 heterocycles. The van der Waals surface area contributed by atoms with Gasteiger partial charge in [0.25, 0.3) is 5.89 Å². The lowest BCUT2D eigenvalue weighted by Crippen LogP contribution is -2.33. The molecule has 1 aromatic carbocycles. The zero-order valence-corrected chi connectivity index (χ0v) is 20.3. The molecule has 0 N–H and O–H groups in total. The van der Waals surface area contributed by atoms with Crippen LogP contribution in [0, 0.1) is 24.6 Å². The zero-order valence-electron chi connectivity index (χ0n) is 19.6. The lowest BCUT2D eigenvalue weighted by molar-refractivity contribution is 0.210. The quantitative estimate of drug-likeness (QED) is 0.436. The van der Waals surface area contributed by atoms with Gasteiger partial charge in [-0.1, -0.05) is 24.3 Å². The fourth-order valence-corrected chi connectivity index (χ4v) is 3.87. The van der Waals surface area contributed by atoms with Crippen LogP contribution in [-0.2, 0) is 0 Å². The Kier molecular flexibility index (Phi) is 9.06. The topological polar surface area (TPSA) is 63.8 Å². The van der Waals surface area contributed by atoms with Crippen molar-refractivity contribution in [3.05, 3.63) is 53.4 Å². The van der Waals surface area contributed by atoms with Crippen molar-refractivity contribution in [1.82, 2.24) is 15.1 Å². The van der Waals surface area contributed by atoms with E-state index in [1.807, 2.05) is 19.9 Å². The molecule has 178 valence electrons. The zero-order chi connectivity index (χ0) is 23.8. The lowest BCUT2D eigenvalue weighted by Gasteiger charge is -2.33. The summed E-state index contributed by atoms with van der Waals surface area (Å²) in [5.41, 5.74) is 0.282. The van der Waals surface area contributed by atoms with Crippen LogP contribution in [-0.4, -0.2) is 41.0 Å². The average molecular weight is 475 g/mol. The maximum absolute atomic E-state index is 13.7. The van der Waals surface area contributed by atoms with Crippen LogP contribution in [0.2, 0.25) is 0 Å². The molecule has 0 bridgehead atoms. The first-order valence-corrected chi connectivity index (χ1v) is 11.8. The number of piperidine rings is 1. The SMILES string of the molecule is C=C(/N=C\C(Cl)=C/C)N1CCC(C2CC2)CC1.CCOc1ccc(-c2nnc(C)o2)c(F)c1. The van der Waals surface area contributed by atoms with E-state index in [1.165, 1.54) is 31.7 Å². The summed E-state index contributed by atoms with van der Waals surface area (Å²) in [5.74, 6) is 3.48. The van der Waals surface area contributed by atoms with E-state index in [9.17, 15) is 4.39 Å². The van der Waals surface area contributed by atoms with Crippen LogP contribution in [0.5, 0.6) is 5.75 Å². The van der Waals surface area contributed by atoms with Gasteiger partial charge in [0, 0.05) is 32.3 Å². The lowest BCUT2D eigenvalue weighted by atomic mass is 9.92. The smallest absolute Gasteiger partial charge is 0.250 e. The summed E-state index contributed by atoms with van der Waals surface area (Å²) in [5, 5.41) is 8.07. The fourth-order valence-electron chi connectivity index (χ4n) is 3.82. The molecule has 6 nitrogen and oxygen atoms in total. The van der Waals surface area contributed by atoms with E-state index in [2.05, 4.69) is 26.7 Å². The highest BCUT2D eigenvalue weighted by Gasteiger charge is 2.33. The Morgan fingerprint density at radius 2 is 1.97 bits per heavy atom. The number of benzene rings is 1. The molecule has 0 atom stereocenters. The second kappa shape index (κ2) is 12.0. The number of aromatic nitrogens is 2. The molecule has 8 heteroatoms. The van der Waals surface area contributed by atoms with Gasteiger partial charge in [-0.05, 0) is 63.5 Å². The standard InChI is InChI=1S/C14H21ClN2.C11H11FN2O2/c1-3-14(15)10-16-11(2)17-8-6-13(7-9-17)12-4-5-12;1-3-15-8-4-5-9(10(12)6-8)11-14-13-7(2)16-11/h3,10,12-13H,2,4-9H2,1H3;4-6H,3H2,1-2H3/b14-3+,16-10-;. The summed E-state index contributed by atoms with van der Waals surface area (Å²) in [6.07, 6.45) is 9.03. The van der Waals surface area contributed by atoms with Crippen molar-refractivity contribution in [3.8, 4) is 17.2 Å². The molecule has 0 spiro atoms. The van der Waals surface area contributed by atoms with E-state index >= 15 is 0 Å². The number of ether oxygens (including phenoxy) is 1. The molecular weight excluding hydrogens is 443 g/mol. The van der Waals surface area contributed by atoms with Crippen LogP contribution in [0.25, 0.3) is 11.5 Å². The third-order valence-corrected chi connectivity index (χ3v) is 6.13. The normalized spacial score (nSPS) is 17.1. The first-order chi connectivity index (χ1) is 15.9. The van der Waals surface area contributed by atoms with Gasteiger partial charge in [0.05, 0.1) is 17.2 Å². The van der Waals surface area contributed by atoms with Crippen molar-refractivity contribution < 1.29 is 13.5 Å². The van der Waals surface area contributed by atoms with Crippen LogP contribution >= 0.6 is 11.6 Å². The van der Waals surface area contributed by atoms with E-state index < -0.39 is 5.82 Å². The first kappa shape index (κ1) is 25.0. The second-order valence-corrected chi connectivity index (χ2v) is 8.65. The minimum atomic E-state index is -0.436. The van der Waals surface area contributed by atoms with Crippen LogP contribution in [0.3, 0.4) is 0 Å². The number of aryl methyl sites for hydroxylation is 1. The maximum Gasteiger partial charge on any atom is 0.250 e. The molecule has 2 aliphatic rings. The van der Waals surface area contributed by atoms with Gasteiger partial charge in [-0.15, -0.1) is 10.2 Å². The van der Waals surface area contributed by atoms with Gasteiger partial charge in [0.15, 0.2) is 0 Å². The molecule has 1 aliphatic carbocycles. The summed E-state index contributed by atoms with van der Waals surface area (Å²) in [6.45, 7) is 12.1. The van der Waals surface area contributed by atoms with Gasteiger partial charge >= 0.3 is 0 Å². The predicted octanol–water partition coefficient (Wildman–Crippen LogP) is 6.38. The van der Waals surface area contributed by atoms with Crippen molar-refractivity contribution >= 4 is 17.8 Å². The highest BCUT2D eigenvalue weighted by atomic mass is 35.5. The van der Waals surface area contributed by atoms with Crippen molar-refractivity contribution in [2.75, 3.05) is 19.7 Å². The van der Waals surface area contributed by atoms with E-state index in [4.69, 9.17) is 20.8 Å². The largest absolute Gasteiger partial charge is 0.494 e. The number of hydrogen-bond acceptors (Lipinski definition) is 6. The third kappa shape index (κ3) is 7.42. The summed E-state index contributed by atoms with van der Waals surface area (Å²) < 4.78 is 24.0. The highest BCUT2D eigenvalue weighted by Crippen LogP contribution is 2.42. The number of nitrogens with zero attached hydrogens (tertiary/aromatic N) is 4. The molecule has 1 aromatic heterocycles. The fraction of sp³-hybridized carbons (Fsp3) is 0.480. The van der Waals surface area contributed by atoms with Gasteiger partial charge in [0.1, 0.15) is 17.4 Å².